The molecule has 1 atom stereocenters. The van der Waals surface area contributed by atoms with Crippen LogP contribution in [0.4, 0.5) is 13.2 Å². The third-order valence-corrected chi connectivity index (χ3v) is 2.88. The highest BCUT2D eigenvalue weighted by Gasteiger charge is 2.31. The molecule has 0 fully saturated rings. The molecular formula is C14H13F3N2O2. The number of benzene rings is 1. The summed E-state index contributed by atoms with van der Waals surface area (Å²) in [6.07, 6.45) is -1.39. The number of Topliss-reactive ketones (excluding diaryl/α,β-unsaturated/α-hetero) is 1. The largest absolute Gasteiger partial charge is 0.573 e. The van der Waals surface area contributed by atoms with E-state index in [-0.39, 0.29) is 11.5 Å². The number of ether oxygens (including phenoxy) is 1. The number of hydrogen-bond donors (Lipinski definition) is 0. The Kier molecular flexibility index (Phi) is 4.02. The number of aryl methyl sites for hydroxylation is 1. The number of aromatic nitrogens is 2. The van der Waals surface area contributed by atoms with Crippen molar-refractivity contribution < 1.29 is 22.7 Å². The highest BCUT2D eigenvalue weighted by Crippen LogP contribution is 2.24. The number of hydrogen-bond acceptors (Lipinski definition) is 3. The zero-order valence-electron chi connectivity index (χ0n) is 11.4. The first-order valence-corrected chi connectivity index (χ1v) is 6.17. The summed E-state index contributed by atoms with van der Waals surface area (Å²) in [6, 6.07) is 4.30. The van der Waals surface area contributed by atoms with E-state index in [9.17, 15) is 18.0 Å². The van der Waals surface area contributed by atoms with Crippen LogP contribution in [-0.4, -0.2) is 21.9 Å². The smallest absolute Gasteiger partial charge is 0.406 e. The Labute approximate surface area is 119 Å². The van der Waals surface area contributed by atoms with Crippen molar-refractivity contribution in [1.82, 2.24) is 9.78 Å². The lowest BCUT2D eigenvalue weighted by Gasteiger charge is -2.12. The number of alkyl halides is 3. The van der Waals surface area contributed by atoms with Crippen LogP contribution in [0.5, 0.6) is 5.75 Å². The fraction of sp³-hybridized carbons (Fsp3) is 0.286. The fourth-order valence-electron chi connectivity index (χ4n) is 1.83. The molecule has 0 N–H and O–H groups in total. The van der Waals surface area contributed by atoms with Gasteiger partial charge in [-0.05, 0) is 43.7 Å². The number of nitrogens with zero attached hydrogens (tertiary/aromatic N) is 2. The van der Waals surface area contributed by atoms with Gasteiger partial charge in [0.15, 0.2) is 5.78 Å². The van der Waals surface area contributed by atoms with Gasteiger partial charge in [0.1, 0.15) is 11.8 Å². The average Bonchev–Trinajstić information content (AvgIpc) is 2.83. The standard InChI is InChI=1S/C14H13F3N2O2/c1-9-7-18-19(8-9)10(2)13(20)11-3-5-12(6-4-11)21-14(15,16)17/h3-8,10H,1-2H3/t10-/m0/s1. The molecule has 4 nitrogen and oxygen atoms in total. The molecule has 1 aromatic heterocycles. The first-order valence-electron chi connectivity index (χ1n) is 6.17. The summed E-state index contributed by atoms with van der Waals surface area (Å²) in [7, 11) is 0. The zero-order valence-corrected chi connectivity index (χ0v) is 11.4. The highest BCUT2D eigenvalue weighted by molar-refractivity contribution is 5.98. The minimum absolute atomic E-state index is 0.239. The molecule has 1 heterocycles. The van der Waals surface area contributed by atoms with Gasteiger partial charge in [-0.15, -0.1) is 13.2 Å². The Morgan fingerprint density at radius 1 is 1.29 bits per heavy atom. The van der Waals surface area contributed by atoms with Gasteiger partial charge in [-0.25, -0.2) is 0 Å². The van der Waals surface area contributed by atoms with Gasteiger partial charge >= 0.3 is 6.36 Å². The molecule has 21 heavy (non-hydrogen) atoms. The summed E-state index contributed by atoms with van der Waals surface area (Å²) in [5, 5.41) is 4.05. The van der Waals surface area contributed by atoms with Crippen LogP contribution in [0.15, 0.2) is 36.7 Å². The summed E-state index contributed by atoms with van der Waals surface area (Å²) < 4.78 is 41.4. The van der Waals surface area contributed by atoms with Crippen molar-refractivity contribution in [3.8, 4) is 5.75 Å². The summed E-state index contributed by atoms with van der Waals surface area (Å²) in [4.78, 5) is 12.2. The Morgan fingerprint density at radius 2 is 1.90 bits per heavy atom. The second-order valence-corrected chi connectivity index (χ2v) is 4.61. The van der Waals surface area contributed by atoms with Crippen molar-refractivity contribution in [1.29, 1.82) is 0 Å². The number of halogens is 3. The zero-order chi connectivity index (χ0) is 15.6. The summed E-state index contributed by atoms with van der Waals surface area (Å²) in [5.41, 5.74) is 1.22. The third-order valence-electron chi connectivity index (χ3n) is 2.88. The van der Waals surface area contributed by atoms with Crippen molar-refractivity contribution in [3.63, 3.8) is 0 Å². The normalized spacial score (nSPS) is 13.0. The SMILES string of the molecule is Cc1cnn([C@@H](C)C(=O)c2ccc(OC(F)(F)F)cc2)c1. The molecule has 0 bridgehead atoms. The van der Waals surface area contributed by atoms with Gasteiger partial charge in [0.2, 0.25) is 0 Å². The first-order chi connectivity index (χ1) is 9.76. The number of ketones is 1. The Bertz CT molecular complexity index is 632. The molecule has 0 spiro atoms. The van der Waals surface area contributed by atoms with Gasteiger partial charge in [-0.3, -0.25) is 9.48 Å². The molecule has 7 heteroatoms. The van der Waals surface area contributed by atoms with Crippen LogP contribution in [-0.2, 0) is 0 Å². The summed E-state index contributed by atoms with van der Waals surface area (Å²) in [5.74, 6) is -0.599. The third kappa shape index (κ3) is 3.84. The molecule has 1 aromatic carbocycles. The molecule has 0 aliphatic rings. The molecule has 0 saturated heterocycles. The first kappa shape index (κ1) is 15.1. The van der Waals surface area contributed by atoms with E-state index >= 15 is 0 Å². The van der Waals surface area contributed by atoms with Gasteiger partial charge in [0, 0.05) is 11.8 Å². The van der Waals surface area contributed by atoms with Crippen molar-refractivity contribution in [2.75, 3.05) is 0 Å². The number of carbonyl (C=O) groups excluding carboxylic acids is 1. The lowest BCUT2D eigenvalue weighted by atomic mass is 10.1. The maximum Gasteiger partial charge on any atom is 0.573 e. The van der Waals surface area contributed by atoms with Gasteiger partial charge in [0.05, 0.1) is 6.20 Å². The Morgan fingerprint density at radius 3 is 2.38 bits per heavy atom. The van der Waals surface area contributed by atoms with E-state index in [2.05, 4.69) is 9.84 Å². The van der Waals surface area contributed by atoms with E-state index in [1.807, 2.05) is 6.92 Å². The van der Waals surface area contributed by atoms with Gasteiger partial charge < -0.3 is 4.74 Å². The van der Waals surface area contributed by atoms with Crippen LogP contribution in [0.1, 0.15) is 28.9 Å². The lowest BCUT2D eigenvalue weighted by Crippen LogP contribution is -2.18. The topological polar surface area (TPSA) is 44.1 Å². The van der Waals surface area contributed by atoms with Crippen LogP contribution < -0.4 is 4.74 Å². The molecule has 0 unspecified atom stereocenters. The average molecular weight is 298 g/mol. The second kappa shape index (κ2) is 5.59. The Balaban J connectivity index is 2.13. The van der Waals surface area contributed by atoms with Crippen LogP contribution >= 0.6 is 0 Å². The minimum Gasteiger partial charge on any atom is -0.406 e. The summed E-state index contributed by atoms with van der Waals surface area (Å²) >= 11 is 0. The van der Waals surface area contributed by atoms with Crippen LogP contribution in [0.2, 0.25) is 0 Å². The quantitative estimate of drug-likeness (QED) is 0.811. The van der Waals surface area contributed by atoms with E-state index in [4.69, 9.17) is 0 Å². The second-order valence-electron chi connectivity index (χ2n) is 4.61. The van der Waals surface area contributed by atoms with E-state index in [1.165, 1.54) is 16.8 Å². The molecule has 112 valence electrons. The maximum absolute atomic E-state index is 12.2. The molecule has 0 aliphatic heterocycles. The van der Waals surface area contributed by atoms with Gasteiger partial charge in [-0.2, -0.15) is 5.10 Å². The van der Waals surface area contributed by atoms with Gasteiger partial charge in [0.25, 0.3) is 0 Å². The van der Waals surface area contributed by atoms with Crippen LogP contribution in [0.3, 0.4) is 0 Å². The lowest BCUT2D eigenvalue weighted by molar-refractivity contribution is -0.274. The predicted molar refractivity (Wildman–Crippen MR) is 69.1 cm³/mol. The van der Waals surface area contributed by atoms with E-state index in [0.29, 0.717) is 5.56 Å². The van der Waals surface area contributed by atoms with E-state index in [1.54, 1.807) is 19.3 Å². The maximum atomic E-state index is 12.2. The van der Waals surface area contributed by atoms with Crippen molar-refractivity contribution in [2.45, 2.75) is 26.3 Å². The predicted octanol–water partition coefficient (Wildman–Crippen LogP) is 3.53. The molecule has 0 saturated carbocycles. The Hall–Kier alpha value is -2.31. The molecule has 0 aliphatic carbocycles. The minimum atomic E-state index is -4.74. The highest BCUT2D eigenvalue weighted by atomic mass is 19.4. The van der Waals surface area contributed by atoms with Crippen molar-refractivity contribution >= 4 is 5.78 Å². The van der Waals surface area contributed by atoms with Crippen molar-refractivity contribution in [3.05, 3.63) is 47.8 Å². The van der Waals surface area contributed by atoms with Crippen LogP contribution in [0, 0.1) is 6.92 Å². The van der Waals surface area contributed by atoms with Gasteiger partial charge in [-0.1, -0.05) is 0 Å². The van der Waals surface area contributed by atoms with E-state index in [0.717, 1.165) is 17.7 Å². The molecule has 2 rings (SSSR count). The molecule has 2 aromatic rings. The monoisotopic (exact) mass is 298 g/mol. The molecular weight excluding hydrogens is 285 g/mol. The summed E-state index contributed by atoms with van der Waals surface area (Å²) in [6.45, 7) is 3.53. The van der Waals surface area contributed by atoms with Crippen molar-refractivity contribution in [2.24, 2.45) is 0 Å². The van der Waals surface area contributed by atoms with Crippen LogP contribution in [0.25, 0.3) is 0 Å². The van der Waals surface area contributed by atoms with E-state index < -0.39 is 12.4 Å². The molecule has 0 radical (unpaired) electrons. The molecule has 0 amide bonds. The number of carbonyl (C=O) groups is 1. The number of rotatable bonds is 4. The fourth-order valence-corrected chi connectivity index (χ4v) is 1.83.